The Kier molecular flexibility index (Phi) is 5.53. The van der Waals surface area contributed by atoms with Crippen LogP contribution in [0, 0.1) is 6.92 Å². The summed E-state index contributed by atoms with van der Waals surface area (Å²) in [6, 6.07) is 2.79. The van der Waals surface area contributed by atoms with Gasteiger partial charge < -0.3 is 5.32 Å². The van der Waals surface area contributed by atoms with Crippen LogP contribution in [0.2, 0.25) is 0 Å². The van der Waals surface area contributed by atoms with Crippen molar-refractivity contribution in [2.45, 2.75) is 59.5 Å². The molecular formula is C13H25N3. The quantitative estimate of drug-likeness (QED) is 0.770. The lowest BCUT2D eigenvalue weighted by atomic mass is 10.1. The fraction of sp³-hybridized carbons (Fsp3) is 0.769. The van der Waals surface area contributed by atoms with Gasteiger partial charge in [0.1, 0.15) is 0 Å². The predicted octanol–water partition coefficient (Wildman–Crippen LogP) is 2.53. The van der Waals surface area contributed by atoms with Gasteiger partial charge in [-0.1, -0.05) is 13.8 Å². The van der Waals surface area contributed by atoms with E-state index in [1.807, 2.05) is 0 Å². The molecule has 0 radical (unpaired) electrons. The van der Waals surface area contributed by atoms with Crippen LogP contribution in [0.1, 0.15) is 45.0 Å². The Morgan fingerprint density at radius 1 is 1.38 bits per heavy atom. The van der Waals surface area contributed by atoms with Gasteiger partial charge in [0.25, 0.3) is 0 Å². The molecule has 1 N–H and O–H groups in total. The molecule has 0 amide bonds. The fourth-order valence-corrected chi connectivity index (χ4v) is 2.00. The number of rotatable bonds is 7. The molecule has 0 fully saturated rings. The summed E-state index contributed by atoms with van der Waals surface area (Å²) in [5.74, 6) is 0. The van der Waals surface area contributed by atoms with Gasteiger partial charge in [-0.3, -0.25) is 4.68 Å². The molecule has 3 nitrogen and oxygen atoms in total. The Balaban J connectivity index is 2.61. The second-order valence-corrected chi connectivity index (χ2v) is 4.36. The molecule has 0 saturated carbocycles. The molecular weight excluding hydrogens is 198 g/mol. The molecule has 92 valence electrons. The van der Waals surface area contributed by atoms with Crippen molar-refractivity contribution >= 4 is 0 Å². The highest BCUT2D eigenvalue weighted by molar-refractivity contribution is 5.10. The maximum Gasteiger partial charge on any atom is 0.0596 e. The van der Waals surface area contributed by atoms with Gasteiger partial charge in [-0.05, 0) is 39.3 Å². The Bertz CT molecular complexity index is 304. The molecule has 0 aliphatic carbocycles. The first-order chi connectivity index (χ1) is 7.71. The second kappa shape index (κ2) is 6.69. The summed E-state index contributed by atoms with van der Waals surface area (Å²) in [6.07, 6.45) is 3.46. The van der Waals surface area contributed by atoms with Crippen molar-refractivity contribution in [3.63, 3.8) is 0 Å². The molecule has 0 aromatic carbocycles. The minimum Gasteiger partial charge on any atom is -0.314 e. The monoisotopic (exact) mass is 223 g/mol. The first-order valence-corrected chi connectivity index (χ1v) is 6.47. The van der Waals surface area contributed by atoms with Crippen molar-refractivity contribution in [2.75, 3.05) is 6.54 Å². The van der Waals surface area contributed by atoms with E-state index >= 15 is 0 Å². The largest absolute Gasteiger partial charge is 0.314 e. The zero-order chi connectivity index (χ0) is 12.0. The predicted molar refractivity (Wildman–Crippen MR) is 68.7 cm³/mol. The maximum absolute atomic E-state index is 4.49. The minimum absolute atomic E-state index is 0.585. The lowest BCUT2D eigenvalue weighted by Gasteiger charge is -2.16. The van der Waals surface area contributed by atoms with E-state index in [1.54, 1.807) is 0 Å². The third kappa shape index (κ3) is 3.63. The summed E-state index contributed by atoms with van der Waals surface area (Å²) in [5, 5.41) is 8.07. The van der Waals surface area contributed by atoms with Gasteiger partial charge in [-0.15, -0.1) is 0 Å². The third-order valence-electron chi connectivity index (χ3n) is 2.92. The summed E-state index contributed by atoms with van der Waals surface area (Å²) in [6.45, 7) is 10.7. The van der Waals surface area contributed by atoms with Gasteiger partial charge in [-0.2, -0.15) is 5.10 Å². The number of aryl methyl sites for hydroxylation is 2. The van der Waals surface area contributed by atoms with Crippen LogP contribution in [-0.4, -0.2) is 22.4 Å². The molecule has 3 heteroatoms. The lowest BCUT2D eigenvalue weighted by molar-refractivity contribution is 0.475. The van der Waals surface area contributed by atoms with Gasteiger partial charge >= 0.3 is 0 Å². The molecule has 0 spiro atoms. The lowest BCUT2D eigenvalue weighted by Crippen LogP contribution is -2.31. The summed E-state index contributed by atoms with van der Waals surface area (Å²) >= 11 is 0. The Hall–Kier alpha value is -0.830. The molecule has 1 unspecified atom stereocenters. The maximum atomic E-state index is 4.49. The van der Waals surface area contributed by atoms with Gasteiger partial charge in [0.05, 0.1) is 5.69 Å². The molecule has 0 saturated heterocycles. The molecule has 1 rings (SSSR count). The summed E-state index contributed by atoms with van der Waals surface area (Å²) < 4.78 is 2.12. The smallest absolute Gasteiger partial charge is 0.0596 e. The van der Waals surface area contributed by atoms with Crippen molar-refractivity contribution < 1.29 is 0 Å². The van der Waals surface area contributed by atoms with Crippen molar-refractivity contribution in [3.8, 4) is 0 Å². The molecule has 0 aliphatic heterocycles. The fourth-order valence-electron chi connectivity index (χ4n) is 2.00. The first-order valence-electron chi connectivity index (χ1n) is 6.47. The van der Waals surface area contributed by atoms with E-state index in [0.717, 1.165) is 25.2 Å². The standard InChI is InChI=1S/C13H25N3/c1-5-8-14-12(6-2)10-13-9-11(4)15-16(13)7-3/h9,12,14H,5-8,10H2,1-4H3. The van der Waals surface area contributed by atoms with Crippen molar-refractivity contribution in [1.82, 2.24) is 15.1 Å². The number of hydrogen-bond donors (Lipinski definition) is 1. The normalized spacial score (nSPS) is 13.0. The molecule has 1 aromatic heterocycles. The molecule has 0 aliphatic rings. The van der Waals surface area contributed by atoms with Gasteiger partial charge in [-0.25, -0.2) is 0 Å². The van der Waals surface area contributed by atoms with E-state index in [2.05, 4.69) is 48.9 Å². The Labute approximate surface area is 99.2 Å². The van der Waals surface area contributed by atoms with Crippen LogP contribution in [0.4, 0.5) is 0 Å². The number of nitrogens with one attached hydrogen (secondary N) is 1. The van der Waals surface area contributed by atoms with E-state index in [1.165, 1.54) is 18.5 Å². The number of aromatic nitrogens is 2. The highest BCUT2D eigenvalue weighted by Gasteiger charge is 2.10. The van der Waals surface area contributed by atoms with Gasteiger partial charge in [0.2, 0.25) is 0 Å². The minimum atomic E-state index is 0.585. The highest BCUT2D eigenvalue weighted by Crippen LogP contribution is 2.08. The zero-order valence-corrected chi connectivity index (χ0v) is 11.1. The molecule has 1 atom stereocenters. The van der Waals surface area contributed by atoms with Gasteiger partial charge in [0.15, 0.2) is 0 Å². The first kappa shape index (κ1) is 13.2. The number of hydrogen-bond acceptors (Lipinski definition) is 2. The Morgan fingerprint density at radius 2 is 2.12 bits per heavy atom. The highest BCUT2D eigenvalue weighted by atomic mass is 15.3. The summed E-state index contributed by atoms with van der Waals surface area (Å²) in [7, 11) is 0. The van der Waals surface area contributed by atoms with Crippen LogP contribution >= 0.6 is 0 Å². The van der Waals surface area contributed by atoms with Crippen LogP contribution < -0.4 is 5.32 Å². The topological polar surface area (TPSA) is 29.9 Å². The second-order valence-electron chi connectivity index (χ2n) is 4.36. The van der Waals surface area contributed by atoms with Crippen LogP contribution in [0.25, 0.3) is 0 Å². The molecule has 1 aromatic rings. The average Bonchev–Trinajstić information content (AvgIpc) is 2.64. The van der Waals surface area contributed by atoms with Crippen LogP contribution in [-0.2, 0) is 13.0 Å². The third-order valence-corrected chi connectivity index (χ3v) is 2.92. The Morgan fingerprint density at radius 3 is 2.69 bits per heavy atom. The van der Waals surface area contributed by atoms with Crippen molar-refractivity contribution in [2.24, 2.45) is 0 Å². The van der Waals surface area contributed by atoms with Gasteiger partial charge in [0, 0.05) is 24.7 Å². The SMILES string of the molecule is CCCNC(CC)Cc1cc(C)nn1CC. The van der Waals surface area contributed by atoms with E-state index in [4.69, 9.17) is 0 Å². The van der Waals surface area contributed by atoms with E-state index in [0.29, 0.717) is 6.04 Å². The van der Waals surface area contributed by atoms with E-state index in [-0.39, 0.29) is 0 Å². The van der Waals surface area contributed by atoms with Crippen LogP contribution in [0.3, 0.4) is 0 Å². The summed E-state index contributed by atoms with van der Waals surface area (Å²) in [5.41, 5.74) is 2.48. The zero-order valence-electron chi connectivity index (χ0n) is 11.1. The molecule has 16 heavy (non-hydrogen) atoms. The summed E-state index contributed by atoms with van der Waals surface area (Å²) in [4.78, 5) is 0. The van der Waals surface area contributed by atoms with Crippen molar-refractivity contribution in [1.29, 1.82) is 0 Å². The van der Waals surface area contributed by atoms with Crippen molar-refractivity contribution in [3.05, 3.63) is 17.5 Å². The molecule has 1 heterocycles. The van der Waals surface area contributed by atoms with Crippen LogP contribution in [0.15, 0.2) is 6.07 Å². The number of nitrogens with zero attached hydrogens (tertiary/aromatic N) is 2. The van der Waals surface area contributed by atoms with Crippen LogP contribution in [0.5, 0.6) is 0 Å². The molecule has 0 bridgehead atoms. The average molecular weight is 223 g/mol. The van der Waals surface area contributed by atoms with E-state index in [9.17, 15) is 0 Å². The van der Waals surface area contributed by atoms with E-state index < -0.39 is 0 Å².